The van der Waals surface area contributed by atoms with Gasteiger partial charge < -0.3 is 10.0 Å². The van der Waals surface area contributed by atoms with Crippen molar-refractivity contribution < 1.29 is 5.11 Å². The first-order chi connectivity index (χ1) is 8.65. The maximum atomic E-state index is 10.3. The van der Waals surface area contributed by atoms with Gasteiger partial charge in [-0.15, -0.1) is 0 Å². The Labute approximate surface area is 117 Å². The summed E-state index contributed by atoms with van der Waals surface area (Å²) in [5.74, 6) is 0. The maximum Gasteiger partial charge on any atom is 0.102 e. The van der Waals surface area contributed by atoms with Gasteiger partial charge in [0.05, 0.1) is 0 Å². The van der Waals surface area contributed by atoms with Gasteiger partial charge in [0.2, 0.25) is 0 Å². The van der Waals surface area contributed by atoms with Crippen LogP contribution in [0.2, 0.25) is 10.0 Å². The van der Waals surface area contributed by atoms with Gasteiger partial charge in [0, 0.05) is 29.3 Å². The van der Waals surface area contributed by atoms with Crippen LogP contribution in [0.1, 0.15) is 30.1 Å². The van der Waals surface area contributed by atoms with Crippen LogP contribution in [0, 0.1) is 0 Å². The van der Waals surface area contributed by atoms with E-state index in [9.17, 15) is 5.11 Å². The van der Waals surface area contributed by atoms with E-state index in [1.54, 1.807) is 6.07 Å². The molecule has 2 aliphatic rings. The third-order valence-electron chi connectivity index (χ3n) is 3.71. The second-order valence-corrected chi connectivity index (χ2v) is 5.83. The normalized spacial score (nSPS) is 24.9. The molecule has 0 bridgehead atoms. The number of aliphatic hydroxyl groups excluding tert-OH is 1. The van der Waals surface area contributed by atoms with Crippen molar-refractivity contribution in [2.24, 2.45) is 0 Å². The quantitative estimate of drug-likeness (QED) is 0.852. The van der Waals surface area contributed by atoms with Crippen LogP contribution >= 0.6 is 23.2 Å². The molecule has 1 saturated heterocycles. The molecule has 18 heavy (non-hydrogen) atoms. The topological polar surface area (TPSA) is 23.5 Å². The van der Waals surface area contributed by atoms with Crippen LogP contribution in [0.25, 0.3) is 0 Å². The number of likely N-dealkylation sites (tertiary alicyclic amines) is 1. The Kier molecular flexibility index (Phi) is 3.27. The van der Waals surface area contributed by atoms with Gasteiger partial charge in [-0.2, -0.15) is 0 Å². The standard InChI is InChI=1S/C14H15Cl2NO/c15-10-6-12-11(13(16)7-10)5-9(14(12)18)8-17-3-1-2-4-17/h6-8,14,18H,1-5H2. The minimum Gasteiger partial charge on any atom is -0.384 e. The molecule has 1 aliphatic carbocycles. The van der Waals surface area contributed by atoms with E-state index in [0.717, 1.165) is 36.2 Å². The Bertz CT molecular complexity index is 507. The number of hydrogen-bond donors (Lipinski definition) is 1. The van der Waals surface area contributed by atoms with Crippen LogP contribution < -0.4 is 0 Å². The SMILES string of the molecule is OC1C(=CN2CCCC2)Cc2c(Cl)cc(Cl)cc21. The zero-order chi connectivity index (χ0) is 12.7. The highest BCUT2D eigenvalue weighted by molar-refractivity contribution is 6.35. The van der Waals surface area contributed by atoms with E-state index in [2.05, 4.69) is 11.1 Å². The summed E-state index contributed by atoms with van der Waals surface area (Å²) < 4.78 is 0. The van der Waals surface area contributed by atoms with E-state index >= 15 is 0 Å². The highest BCUT2D eigenvalue weighted by atomic mass is 35.5. The van der Waals surface area contributed by atoms with Crippen LogP contribution in [0.3, 0.4) is 0 Å². The summed E-state index contributed by atoms with van der Waals surface area (Å²) in [6.45, 7) is 2.17. The molecule has 0 radical (unpaired) electrons. The van der Waals surface area contributed by atoms with Gasteiger partial charge >= 0.3 is 0 Å². The maximum absolute atomic E-state index is 10.3. The number of rotatable bonds is 1. The van der Waals surface area contributed by atoms with Crippen LogP contribution in [-0.2, 0) is 6.42 Å². The molecule has 1 unspecified atom stereocenters. The fourth-order valence-electron chi connectivity index (χ4n) is 2.78. The lowest BCUT2D eigenvalue weighted by Gasteiger charge is -2.14. The van der Waals surface area contributed by atoms with E-state index < -0.39 is 6.10 Å². The molecule has 2 nitrogen and oxygen atoms in total. The minimum absolute atomic E-state index is 0.559. The molecule has 1 aliphatic heterocycles. The summed E-state index contributed by atoms with van der Waals surface area (Å²) in [7, 11) is 0. The van der Waals surface area contributed by atoms with Gasteiger partial charge in [0.25, 0.3) is 0 Å². The molecule has 0 spiro atoms. The predicted octanol–water partition coefficient (Wildman–Crippen LogP) is 3.56. The van der Waals surface area contributed by atoms with Gasteiger partial charge in [0.15, 0.2) is 0 Å². The third kappa shape index (κ3) is 2.13. The Hall–Kier alpha value is -0.700. The van der Waals surface area contributed by atoms with E-state index in [4.69, 9.17) is 23.2 Å². The first-order valence-corrected chi connectivity index (χ1v) is 7.01. The molecule has 0 saturated carbocycles. The molecule has 3 rings (SSSR count). The summed E-state index contributed by atoms with van der Waals surface area (Å²) in [6.07, 6.45) is 4.74. The molecule has 1 aromatic carbocycles. The lowest BCUT2D eigenvalue weighted by atomic mass is 10.1. The number of fused-ring (bicyclic) bond motifs is 1. The Morgan fingerprint density at radius 2 is 1.94 bits per heavy atom. The van der Waals surface area contributed by atoms with Gasteiger partial charge in [-0.05, 0) is 48.1 Å². The molecule has 96 valence electrons. The highest BCUT2D eigenvalue weighted by Gasteiger charge is 2.28. The molecular formula is C14H15Cl2NO. The minimum atomic E-state index is -0.559. The van der Waals surface area contributed by atoms with E-state index in [-0.39, 0.29) is 0 Å². The van der Waals surface area contributed by atoms with Gasteiger partial charge in [-0.3, -0.25) is 0 Å². The van der Waals surface area contributed by atoms with Crippen molar-refractivity contribution in [1.82, 2.24) is 4.90 Å². The van der Waals surface area contributed by atoms with E-state index in [1.807, 2.05) is 6.07 Å². The van der Waals surface area contributed by atoms with Crippen LogP contribution in [0.15, 0.2) is 23.9 Å². The number of benzene rings is 1. The summed E-state index contributed by atoms with van der Waals surface area (Å²) in [5.41, 5.74) is 2.90. The summed E-state index contributed by atoms with van der Waals surface area (Å²) in [4.78, 5) is 2.28. The summed E-state index contributed by atoms with van der Waals surface area (Å²) in [6, 6.07) is 3.56. The first kappa shape index (κ1) is 12.3. The van der Waals surface area contributed by atoms with Crippen molar-refractivity contribution in [3.8, 4) is 0 Å². The molecule has 1 fully saturated rings. The van der Waals surface area contributed by atoms with Crippen molar-refractivity contribution in [3.05, 3.63) is 45.1 Å². The fourth-order valence-corrected chi connectivity index (χ4v) is 3.35. The second-order valence-electron chi connectivity index (χ2n) is 4.98. The van der Waals surface area contributed by atoms with Gasteiger partial charge in [-0.25, -0.2) is 0 Å². The number of aliphatic hydroxyl groups is 1. The van der Waals surface area contributed by atoms with E-state index in [1.165, 1.54) is 12.8 Å². The lowest BCUT2D eigenvalue weighted by molar-refractivity contribution is 0.218. The van der Waals surface area contributed by atoms with Crippen molar-refractivity contribution in [2.45, 2.75) is 25.4 Å². The van der Waals surface area contributed by atoms with Gasteiger partial charge in [0.1, 0.15) is 6.10 Å². The average Bonchev–Trinajstić information content (AvgIpc) is 2.91. The molecule has 4 heteroatoms. The average molecular weight is 284 g/mol. The van der Waals surface area contributed by atoms with E-state index in [0.29, 0.717) is 10.0 Å². The zero-order valence-electron chi connectivity index (χ0n) is 10.00. The van der Waals surface area contributed by atoms with Crippen LogP contribution in [0.5, 0.6) is 0 Å². The largest absolute Gasteiger partial charge is 0.384 e. The van der Waals surface area contributed by atoms with Crippen molar-refractivity contribution >= 4 is 23.2 Å². The fraction of sp³-hybridized carbons (Fsp3) is 0.429. The molecule has 1 N–H and O–H groups in total. The van der Waals surface area contributed by atoms with Crippen molar-refractivity contribution in [1.29, 1.82) is 0 Å². The number of nitrogens with zero attached hydrogens (tertiary/aromatic N) is 1. The molecule has 0 amide bonds. The second kappa shape index (κ2) is 4.76. The van der Waals surface area contributed by atoms with Crippen molar-refractivity contribution in [3.63, 3.8) is 0 Å². The zero-order valence-corrected chi connectivity index (χ0v) is 11.5. The monoisotopic (exact) mass is 283 g/mol. The molecule has 1 atom stereocenters. The third-order valence-corrected chi connectivity index (χ3v) is 4.27. The first-order valence-electron chi connectivity index (χ1n) is 6.25. The smallest absolute Gasteiger partial charge is 0.102 e. The lowest BCUT2D eigenvalue weighted by Crippen LogP contribution is -2.13. The van der Waals surface area contributed by atoms with Crippen LogP contribution in [0.4, 0.5) is 0 Å². The Morgan fingerprint density at radius 3 is 2.67 bits per heavy atom. The summed E-state index contributed by atoms with van der Waals surface area (Å²) >= 11 is 12.2. The predicted molar refractivity (Wildman–Crippen MR) is 74.0 cm³/mol. The Balaban J connectivity index is 1.93. The summed E-state index contributed by atoms with van der Waals surface area (Å²) in [5, 5.41) is 11.6. The van der Waals surface area contributed by atoms with Crippen LogP contribution in [-0.4, -0.2) is 23.1 Å². The highest BCUT2D eigenvalue weighted by Crippen LogP contribution is 2.41. The molecule has 1 heterocycles. The Morgan fingerprint density at radius 1 is 1.22 bits per heavy atom. The molecule has 0 aromatic heterocycles. The molecular weight excluding hydrogens is 269 g/mol. The molecule has 1 aromatic rings. The van der Waals surface area contributed by atoms with Gasteiger partial charge in [-0.1, -0.05) is 23.2 Å². The number of hydrogen-bond acceptors (Lipinski definition) is 2. The number of halogens is 2. The van der Waals surface area contributed by atoms with Crippen molar-refractivity contribution in [2.75, 3.05) is 13.1 Å².